The van der Waals surface area contributed by atoms with Crippen LogP contribution in [0.15, 0.2) is 6.33 Å². The van der Waals surface area contributed by atoms with Crippen molar-refractivity contribution >= 4 is 0 Å². The Kier molecular flexibility index (Phi) is 3.52. The maximum atomic E-state index is 4.37. The van der Waals surface area contributed by atoms with Crippen LogP contribution < -0.4 is 5.32 Å². The van der Waals surface area contributed by atoms with E-state index in [4.69, 9.17) is 0 Å². The number of aromatic nitrogens is 3. The molecule has 0 saturated carbocycles. The number of nitrogens with one attached hydrogen (secondary N) is 1. The van der Waals surface area contributed by atoms with Gasteiger partial charge in [-0.25, -0.2) is 0 Å². The second-order valence-corrected chi connectivity index (χ2v) is 5.92. The molecule has 17 heavy (non-hydrogen) atoms. The lowest BCUT2D eigenvalue weighted by molar-refractivity contribution is 0.233. The first-order chi connectivity index (χ1) is 8.03. The monoisotopic (exact) mass is 236 g/mol. The van der Waals surface area contributed by atoms with Crippen LogP contribution in [0.3, 0.4) is 0 Å². The zero-order valence-corrected chi connectivity index (χ0v) is 11.4. The Labute approximate surface area is 104 Å². The second kappa shape index (κ2) is 4.77. The van der Waals surface area contributed by atoms with Gasteiger partial charge in [-0.05, 0) is 45.7 Å². The third-order valence-electron chi connectivity index (χ3n) is 4.02. The van der Waals surface area contributed by atoms with Crippen LogP contribution >= 0.6 is 0 Å². The smallest absolute Gasteiger partial charge is 0.139 e. The molecule has 0 aliphatic carbocycles. The van der Waals surface area contributed by atoms with Gasteiger partial charge in [-0.2, -0.15) is 0 Å². The molecule has 2 rings (SSSR count). The lowest BCUT2D eigenvalue weighted by atomic mass is 9.74. The third-order valence-corrected chi connectivity index (χ3v) is 4.02. The molecule has 1 N–H and O–H groups in total. The fraction of sp³-hybridized carbons (Fsp3) is 0.846. The Bertz CT molecular complexity index is 361. The molecule has 0 bridgehead atoms. The van der Waals surface area contributed by atoms with Crippen LogP contribution in [-0.2, 0) is 5.41 Å². The number of hydrogen-bond donors (Lipinski definition) is 1. The molecule has 0 amide bonds. The summed E-state index contributed by atoms with van der Waals surface area (Å²) in [7, 11) is 0. The summed E-state index contributed by atoms with van der Waals surface area (Å²) < 4.78 is 2.20. The van der Waals surface area contributed by atoms with E-state index in [1.165, 1.54) is 12.8 Å². The van der Waals surface area contributed by atoms with Crippen molar-refractivity contribution in [2.75, 3.05) is 13.1 Å². The summed E-state index contributed by atoms with van der Waals surface area (Å²) in [6, 6.07) is 0.427. The minimum atomic E-state index is 0.0915. The van der Waals surface area contributed by atoms with Crippen molar-refractivity contribution in [3.63, 3.8) is 0 Å². The van der Waals surface area contributed by atoms with E-state index in [0.29, 0.717) is 12.0 Å². The molecule has 2 heterocycles. The van der Waals surface area contributed by atoms with Gasteiger partial charge in [0, 0.05) is 11.5 Å². The van der Waals surface area contributed by atoms with Gasteiger partial charge < -0.3 is 9.88 Å². The van der Waals surface area contributed by atoms with Gasteiger partial charge in [0.15, 0.2) is 0 Å². The van der Waals surface area contributed by atoms with Gasteiger partial charge in [0.1, 0.15) is 12.2 Å². The van der Waals surface area contributed by atoms with E-state index in [-0.39, 0.29) is 5.41 Å². The van der Waals surface area contributed by atoms with Gasteiger partial charge in [-0.1, -0.05) is 13.8 Å². The molecule has 4 heteroatoms. The topological polar surface area (TPSA) is 42.7 Å². The Balaban J connectivity index is 2.26. The van der Waals surface area contributed by atoms with E-state index >= 15 is 0 Å². The van der Waals surface area contributed by atoms with Gasteiger partial charge in [0.25, 0.3) is 0 Å². The highest BCUT2D eigenvalue weighted by molar-refractivity contribution is 5.08. The van der Waals surface area contributed by atoms with E-state index in [0.717, 1.165) is 18.9 Å². The molecule has 1 unspecified atom stereocenters. The van der Waals surface area contributed by atoms with Crippen molar-refractivity contribution in [3.8, 4) is 0 Å². The average Bonchev–Trinajstić information content (AvgIpc) is 2.80. The second-order valence-electron chi connectivity index (χ2n) is 5.92. The first-order valence-electron chi connectivity index (χ1n) is 6.64. The fourth-order valence-electron chi connectivity index (χ4n) is 2.73. The largest absolute Gasteiger partial charge is 0.316 e. The van der Waals surface area contributed by atoms with Gasteiger partial charge >= 0.3 is 0 Å². The lowest BCUT2D eigenvalue weighted by Gasteiger charge is -2.37. The van der Waals surface area contributed by atoms with E-state index in [9.17, 15) is 0 Å². The van der Waals surface area contributed by atoms with Crippen LogP contribution in [0.1, 0.15) is 52.4 Å². The zero-order chi connectivity index (χ0) is 12.5. The molecule has 0 spiro atoms. The summed E-state index contributed by atoms with van der Waals surface area (Å²) in [4.78, 5) is 0. The molecular weight excluding hydrogens is 212 g/mol. The number of nitrogens with zero attached hydrogens (tertiary/aromatic N) is 3. The molecule has 1 atom stereocenters. The summed E-state index contributed by atoms with van der Waals surface area (Å²) in [5, 5.41) is 12.0. The normalized spacial score (nSPS) is 22.1. The Hall–Kier alpha value is -0.900. The van der Waals surface area contributed by atoms with Crippen LogP contribution in [0.5, 0.6) is 0 Å². The zero-order valence-electron chi connectivity index (χ0n) is 11.4. The molecule has 4 nitrogen and oxygen atoms in total. The maximum absolute atomic E-state index is 4.37. The molecule has 1 fully saturated rings. The van der Waals surface area contributed by atoms with E-state index in [1.54, 1.807) is 0 Å². The molecular formula is C13H24N4. The Morgan fingerprint density at radius 3 is 2.82 bits per heavy atom. The summed E-state index contributed by atoms with van der Waals surface area (Å²) in [5.41, 5.74) is 0.0915. The quantitative estimate of drug-likeness (QED) is 0.874. The summed E-state index contributed by atoms with van der Waals surface area (Å²) >= 11 is 0. The SMILES string of the molecule is CC(C)n1cnnc1C(C)(C)C1CCCNC1. The standard InChI is InChI=1S/C13H24N4/c1-10(2)17-9-15-16-12(17)13(3,4)11-6-5-7-14-8-11/h9-11,14H,5-8H2,1-4H3. The van der Waals surface area contributed by atoms with Crippen molar-refractivity contribution in [2.45, 2.75) is 52.0 Å². The third kappa shape index (κ3) is 2.37. The van der Waals surface area contributed by atoms with Crippen LogP contribution in [0.4, 0.5) is 0 Å². The minimum absolute atomic E-state index is 0.0915. The van der Waals surface area contributed by atoms with E-state index in [1.807, 2.05) is 6.33 Å². The minimum Gasteiger partial charge on any atom is -0.316 e. The van der Waals surface area contributed by atoms with Crippen molar-refractivity contribution in [2.24, 2.45) is 5.92 Å². The fourth-order valence-corrected chi connectivity index (χ4v) is 2.73. The first-order valence-corrected chi connectivity index (χ1v) is 6.64. The molecule has 96 valence electrons. The van der Waals surface area contributed by atoms with Crippen molar-refractivity contribution in [1.82, 2.24) is 20.1 Å². The van der Waals surface area contributed by atoms with Crippen LogP contribution in [0, 0.1) is 5.92 Å². The van der Waals surface area contributed by atoms with Crippen molar-refractivity contribution in [3.05, 3.63) is 12.2 Å². The van der Waals surface area contributed by atoms with Gasteiger partial charge in [0.05, 0.1) is 0 Å². The van der Waals surface area contributed by atoms with Crippen molar-refractivity contribution in [1.29, 1.82) is 0 Å². The molecule has 0 aromatic carbocycles. The molecule has 1 aliphatic heterocycles. The van der Waals surface area contributed by atoms with E-state index in [2.05, 4.69) is 47.8 Å². The number of hydrogen-bond acceptors (Lipinski definition) is 3. The van der Waals surface area contributed by atoms with Gasteiger partial charge in [-0.15, -0.1) is 10.2 Å². The molecule has 1 saturated heterocycles. The molecule has 0 radical (unpaired) electrons. The summed E-state index contributed by atoms with van der Waals surface area (Å²) in [5.74, 6) is 1.78. The number of piperidine rings is 1. The van der Waals surface area contributed by atoms with Gasteiger partial charge in [0.2, 0.25) is 0 Å². The highest BCUT2D eigenvalue weighted by Gasteiger charge is 2.36. The summed E-state index contributed by atoms with van der Waals surface area (Å²) in [6.07, 6.45) is 4.41. The van der Waals surface area contributed by atoms with Crippen LogP contribution in [0.25, 0.3) is 0 Å². The lowest BCUT2D eigenvalue weighted by Crippen LogP contribution is -2.42. The number of rotatable bonds is 3. The highest BCUT2D eigenvalue weighted by Crippen LogP contribution is 2.35. The Morgan fingerprint density at radius 2 is 2.24 bits per heavy atom. The summed E-state index contributed by atoms with van der Waals surface area (Å²) in [6.45, 7) is 11.2. The van der Waals surface area contributed by atoms with E-state index < -0.39 is 0 Å². The van der Waals surface area contributed by atoms with Crippen LogP contribution in [-0.4, -0.2) is 27.9 Å². The molecule has 1 aliphatic rings. The maximum Gasteiger partial charge on any atom is 0.139 e. The van der Waals surface area contributed by atoms with Gasteiger partial charge in [-0.3, -0.25) is 0 Å². The predicted molar refractivity (Wildman–Crippen MR) is 69.0 cm³/mol. The Morgan fingerprint density at radius 1 is 1.47 bits per heavy atom. The first kappa shape index (κ1) is 12.6. The molecule has 1 aromatic heterocycles. The predicted octanol–water partition coefficient (Wildman–Crippen LogP) is 2.14. The average molecular weight is 236 g/mol. The highest BCUT2D eigenvalue weighted by atomic mass is 15.3. The van der Waals surface area contributed by atoms with Crippen LogP contribution in [0.2, 0.25) is 0 Å². The molecule has 1 aromatic rings. The van der Waals surface area contributed by atoms with Crippen molar-refractivity contribution < 1.29 is 0 Å².